The topological polar surface area (TPSA) is 149 Å². The Morgan fingerprint density at radius 1 is 0.569 bits per heavy atom. The van der Waals surface area contributed by atoms with Crippen LogP contribution in [0, 0.1) is 0 Å². The first kappa shape index (κ1) is 49.7. The van der Waals surface area contributed by atoms with Crippen LogP contribution in [0.25, 0.3) is 0 Å². The summed E-state index contributed by atoms with van der Waals surface area (Å²) in [4.78, 5) is 34.8. The lowest BCUT2D eigenvalue weighted by atomic mass is 10.1. The van der Waals surface area contributed by atoms with Gasteiger partial charge in [0.25, 0.3) is 0 Å². The molecule has 0 aromatic heterocycles. The van der Waals surface area contributed by atoms with E-state index in [1.807, 2.05) is 0 Å². The van der Waals surface area contributed by atoms with Crippen molar-refractivity contribution in [3.8, 4) is 0 Å². The zero-order chi connectivity index (χ0) is 37.7. The summed E-state index contributed by atoms with van der Waals surface area (Å²) < 4.78 is 32.6. The third kappa shape index (κ3) is 36.8. The number of carbonyl (C=O) groups is 2. The summed E-state index contributed by atoms with van der Waals surface area (Å²) in [5, 5.41) is 18.3. The number of ether oxygens (including phenoxy) is 2. The van der Waals surface area contributed by atoms with Gasteiger partial charge in [0.1, 0.15) is 12.7 Å². The molecule has 0 aliphatic heterocycles. The Kier molecular flexibility index (Phi) is 36.1. The van der Waals surface area contributed by atoms with E-state index >= 15 is 0 Å². The number of phosphoric ester groups is 1. The minimum Gasteiger partial charge on any atom is -0.462 e. The van der Waals surface area contributed by atoms with Gasteiger partial charge in [-0.3, -0.25) is 18.6 Å². The van der Waals surface area contributed by atoms with E-state index in [1.54, 1.807) is 0 Å². The predicted octanol–water partition coefficient (Wildman–Crippen LogP) is 10.4. The maximum atomic E-state index is 12.6. The molecule has 3 N–H and O–H groups in total. The van der Waals surface area contributed by atoms with Gasteiger partial charge in [0.15, 0.2) is 6.10 Å². The molecule has 51 heavy (non-hydrogen) atoms. The number of allylic oxidation sites excluding steroid dienone is 2. The van der Waals surface area contributed by atoms with Gasteiger partial charge in [-0.15, -0.1) is 0 Å². The smallest absolute Gasteiger partial charge is 0.462 e. The van der Waals surface area contributed by atoms with Crippen molar-refractivity contribution in [3.63, 3.8) is 0 Å². The van der Waals surface area contributed by atoms with Crippen molar-refractivity contribution in [2.75, 3.05) is 26.4 Å². The van der Waals surface area contributed by atoms with Crippen LogP contribution in [-0.2, 0) is 32.7 Å². The summed E-state index contributed by atoms with van der Waals surface area (Å²) in [6.45, 7) is 2.36. The standard InChI is InChI=1S/C40H77O10P/c1-3-5-7-9-11-13-14-15-16-17-18-19-20-21-22-24-26-28-30-32-40(44)50-38(36-49-51(45,46)48-34-37(42)33-41)35-47-39(43)31-29-27-25-23-12-10-8-6-4-2/h15-16,37-38,41-42H,3-14,17-36H2,1-2H3,(H,45,46)/b16-15+/t37-,38+/m0/s1. The molecule has 3 atom stereocenters. The first-order valence-electron chi connectivity index (χ1n) is 20.6. The lowest BCUT2D eigenvalue weighted by Crippen LogP contribution is -2.29. The van der Waals surface area contributed by atoms with Crippen molar-refractivity contribution in [1.82, 2.24) is 0 Å². The van der Waals surface area contributed by atoms with Crippen LogP contribution in [0.1, 0.15) is 194 Å². The Balaban J connectivity index is 4.23. The van der Waals surface area contributed by atoms with Crippen LogP contribution in [0.2, 0.25) is 0 Å². The molecular formula is C40H77O10P. The van der Waals surface area contributed by atoms with Crippen LogP contribution >= 0.6 is 7.82 Å². The van der Waals surface area contributed by atoms with Gasteiger partial charge in [-0.2, -0.15) is 0 Å². The fourth-order valence-corrected chi connectivity index (χ4v) is 6.48. The normalized spacial score (nSPS) is 14.1. The molecule has 0 radical (unpaired) electrons. The van der Waals surface area contributed by atoms with Crippen molar-refractivity contribution in [2.24, 2.45) is 0 Å². The Labute approximate surface area is 311 Å². The first-order valence-corrected chi connectivity index (χ1v) is 22.1. The molecule has 0 aliphatic carbocycles. The number of phosphoric acid groups is 1. The van der Waals surface area contributed by atoms with Crippen LogP contribution in [0.5, 0.6) is 0 Å². The second kappa shape index (κ2) is 37.0. The van der Waals surface area contributed by atoms with Crippen LogP contribution in [-0.4, -0.2) is 65.7 Å². The lowest BCUT2D eigenvalue weighted by Gasteiger charge is -2.20. The molecule has 0 aromatic rings. The molecule has 0 saturated heterocycles. The molecule has 0 amide bonds. The summed E-state index contributed by atoms with van der Waals surface area (Å²) in [5.74, 6) is -0.923. The van der Waals surface area contributed by atoms with Gasteiger partial charge in [0.05, 0.1) is 19.8 Å². The van der Waals surface area contributed by atoms with Gasteiger partial charge in [-0.25, -0.2) is 4.57 Å². The summed E-state index contributed by atoms with van der Waals surface area (Å²) in [5.41, 5.74) is 0. The molecule has 0 heterocycles. The summed E-state index contributed by atoms with van der Waals surface area (Å²) in [6, 6.07) is 0. The highest BCUT2D eigenvalue weighted by Crippen LogP contribution is 2.43. The Hall–Kier alpha value is -1.29. The quantitative estimate of drug-likeness (QED) is 0.0240. The molecule has 0 fully saturated rings. The number of unbranched alkanes of at least 4 members (excludes halogenated alkanes) is 23. The summed E-state index contributed by atoms with van der Waals surface area (Å²) in [6.07, 6.45) is 33.3. The van der Waals surface area contributed by atoms with E-state index in [2.05, 4.69) is 30.5 Å². The third-order valence-corrected chi connectivity index (χ3v) is 9.87. The number of hydrogen-bond donors (Lipinski definition) is 3. The van der Waals surface area contributed by atoms with Crippen LogP contribution in [0.15, 0.2) is 12.2 Å². The molecule has 0 rings (SSSR count). The molecule has 0 aromatic carbocycles. The molecule has 1 unspecified atom stereocenters. The lowest BCUT2D eigenvalue weighted by molar-refractivity contribution is -0.161. The van der Waals surface area contributed by atoms with Gasteiger partial charge < -0.3 is 24.6 Å². The maximum absolute atomic E-state index is 12.6. The molecular weight excluding hydrogens is 671 g/mol. The molecule has 0 spiro atoms. The Morgan fingerprint density at radius 3 is 1.41 bits per heavy atom. The number of rotatable bonds is 39. The molecule has 0 bridgehead atoms. The Bertz CT molecular complexity index is 868. The number of esters is 2. The van der Waals surface area contributed by atoms with Gasteiger partial charge >= 0.3 is 19.8 Å². The largest absolute Gasteiger partial charge is 0.472 e. The molecule has 11 heteroatoms. The molecule has 0 aliphatic rings. The fourth-order valence-electron chi connectivity index (χ4n) is 5.69. The third-order valence-electron chi connectivity index (χ3n) is 8.92. The van der Waals surface area contributed by atoms with Gasteiger partial charge in [0.2, 0.25) is 0 Å². The highest BCUT2D eigenvalue weighted by atomic mass is 31.2. The van der Waals surface area contributed by atoms with Crippen LogP contribution in [0.3, 0.4) is 0 Å². The van der Waals surface area contributed by atoms with Crippen molar-refractivity contribution in [1.29, 1.82) is 0 Å². The maximum Gasteiger partial charge on any atom is 0.472 e. The second-order valence-electron chi connectivity index (χ2n) is 14.0. The minimum absolute atomic E-state index is 0.186. The van der Waals surface area contributed by atoms with Crippen LogP contribution in [0.4, 0.5) is 0 Å². The van der Waals surface area contributed by atoms with E-state index in [4.69, 9.17) is 19.1 Å². The number of aliphatic hydroxyl groups is 2. The van der Waals surface area contributed by atoms with E-state index in [9.17, 15) is 24.2 Å². The van der Waals surface area contributed by atoms with Gasteiger partial charge in [-0.1, -0.05) is 154 Å². The number of carbonyl (C=O) groups excluding carboxylic acids is 2. The fraction of sp³-hybridized carbons (Fsp3) is 0.900. The highest BCUT2D eigenvalue weighted by molar-refractivity contribution is 7.47. The molecule has 10 nitrogen and oxygen atoms in total. The molecule has 0 saturated carbocycles. The average Bonchev–Trinajstić information content (AvgIpc) is 3.12. The van der Waals surface area contributed by atoms with Crippen molar-refractivity contribution in [3.05, 3.63) is 12.2 Å². The predicted molar refractivity (Wildman–Crippen MR) is 205 cm³/mol. The molecule has 302 valence electrons. The number of aliphatic hydroxyl groups excluding tert-OH is 2. The van der Waals surface area contributed by atoms with Gasteiger partial charge in [-0.05, 0) is 38.5 Å². The zero-order valence-electron chi connectivity index (χ0n) is 32.6. The van der Waals surface area contributed by atoms with E-state index in [-0.39, 0.29) is 19.4 Å². The Morgan fingerprint density at radius 2 is 0.961 bits per heavy atom. The van der Waals surface area contributed by atoms with E-state index in [0.717, 1.165) is 38.5 Å². The first-order chi connectivity index (χ1) is 24.7. The van der Waals surface area contributed by atoms with Crippen LogP contribution < -0.4 is 0 Å². The minimum atomic E-state index is -4.61. The van der Waals surface area contributed by atoms with E-state index in [1.165, 1.54) is 116 Å². The number of hydrogen-bond acceptors (Lipinski definition) is 9. The van der Waals surface area contributed by atoms with Crippen molar-refractivity contribution >= 4 is 19.8 Å². The van der Waals surface area contributed by atoms with E-state index < -0.39 is 51.8 Å². The van der Waals surface area contributed by atoms with Gasteiger partial charge in [0, 0.05) is 12.8 Å². The highest BCUT2D eigenvalue weighted by Gasteiger charge is 2.27. The summed E-state index contributed by atoms with van der Waals surface area (Å²) in [7, 11) is -4.61. The van der Waals surface area contributed by atoms with Crippen molar-refractivity contribution in [2.45, 2.75) is 206 Å². The SMILES string of the molecule is CCCCCCCC/C=C/CCCCCCCCCCCC(=O)O[C@H](COC(=O)CCCCCCCCCCC)COP(=O)(O)OC[C@@H](O)CO. The second-order valence-corrected chi connectivity index (χ2v) is 15.5. The van der Waals surface area contributed by atoms with E-state index in [0.29, 0.717) is 12.8 Å². The monoisotopic (exact) mass is 749 g/mol. The van der Waals surface area contributed by atoms with Crippen molar-refractivity contribution < 1.29 is 47.8 Å². The summed E-state index contributed by atoms with van der Waals surface area (Å²) >= 11 is 0. The zero-order valence-corrected chi connectivity index (χ0v) is 33.5. The average molecular weight is 749 g/mol.